The summed E-state index contributed by atoms with van der Waals surface area (Å²) >= 11 is 0. The summed E-state index contributed by atoms with van der Waals surface area (Å²) in [6.45, 7) is 1.82. The summed E-state index contributed by atoms with van der Waals surface area (Å²) < 4.78 is 54.9. The van der Waals surface area contributed by atoms with Crippen molar-refractivity contribution in [3.8, 4) is 6.07 Å². The maximum atomic E-state index is 13.3. The highest BCUT2D eigenvalue weighted by molar-refractivity contribution is 7.86. The summed E-state index contributed by atoms with van der Waals surface area (Å²) in [5.41, 5.74) is 0.449. The van der Waals surface area contributed by atoms with Crippen LogP contribution in [0, 0.1) is 23.2 Å². The number of nitrogens with one attached hydrogen (secondary N) is 1. The molecule has 4 heterocycles. The second-order valence-corrected chi connectivity index (χ2v) is 11.5. The van der Waals surface area contributed by atoms with E-state index >= 15 is 0 Å². The van der Waals surface area contributed by atoms with E-state index in [1.165, 1.54) is 25.9 Å². The molecule has 3 aliphatic heterocycles. The highest BCUT2D eigenvalue weighted by atomic mass is 32.2. The normalized spacial score (nSPS) is 24.2. The molecule has 2 amide bonds. The van der Waals surface area contributed by atoms with Crippen LogP contribution in [0.5, 0.6) is 0 Å². The number of nitrogens with zero attached hydrogens (tertiary/aromatic N) is 6. The third-order valence-electron chi connectivity index (χ3n) is 6.82. The number of aromatic nitrogens is 2. The Labute approximate surface area is 208 Å². The molecule has 0 radical (unpaired) electrons. The van der Waals surface area contributed by atoms with Crippen LogP contribution >= 0.6 is 0 Å². The van der Waals surface area contributed by atoms with Crippen LogP contribution in [-0.4, -0.2) is 82.5 Å². The number of hydrogen-bond donors (Lipinski definition) is 1. The van der Waals surface area contributed by atoms with Gasteiger partial charge in [0.15, 0.2) is 5.82 Å². The van der Waals surface area contributed by atoms with E-state index in [0.717, 1.165) is 0 Å². The number of alkyl halides is 2. The van der Waals surface area contributed by atoms with Crippen LogP contribution < -0.4 is 5.32 Å². The van der Waals surface area contributed by atoms with Gasteiger partial charge in [-0.25, -0.2) is 9.97 Å². The molecule has 1 aromatic heterocycles. The molecule has 1 aromatic rings. The molecule has 14 heteroatoms. The van der Waals surface area contributed by atoms with Crippen molar-refractivity contribution in [3.05, 3.63) is 23.8 Å². The van der Waals surface area contributed by atoms with E-state index in [4.69, 9.17) is 5.26 Å². The maximum absolute atomic E-state index is 13.3. The van der Waals surface area contributed by atoms with Gasteiger partial charge in [0, 0.05) is 64.1 Å². The molecule has 36 heavy (non-hydrogen) atoms. The van der Waals surface area contributed by atoms with Crippen LogP contribution in [-0.2, 0) is 32.3 Å². The van der Waals surface area contributed by atoms with Crippen LogP contribution in [0.25, 0.3) is 0 Å². The first-order valence-corrected chi connectivity index (χ1v) is 13.3. The lowest BCUT2D eigenvalue weighted by atomic mass is 9.97. The van der Waals surface area contributed by atoms with Gasteiger partial charge in [-0.1, -0.05) is 0 Å². The van der Waals surface area contributed by atoms with E-state index < -0.39 is 33.9 Å². The number of likely N-dealkylation sites (tertiary alicyclic amines) is 1. The monoisotopic (exact) mass is 525 g/mol. The third kappa shape index (κ3) is 5.47. The number of rotatable bonds is 7. The molecule has 196 valence electrons. The Morgan fingerprint density at radius 2 is 1.81 bits per heavy atom. The van der Waals surface area contributed by atoms with Crippen molar-refractivity contribution >= 4 is 22.0 Å². The molecule has 2 atom stereocenters. The fourth-order valence-electron chi connectivity index (χ4n) is 4.74. The molecule has 0 bridgehead atoms. The summed E-state index contributed by atoms with van der Waals surface area (Å²) in [6.07, 6.45) is 4.64. The van der Waals surface area contributed by atoms with Gasteiger partial charge in [-0.2, -0.15) is 31.1 Å². The molecule has 3 aliphatic rings. The molecule has 1 N–H and O–H groups in total. The summed E-state index contributed by atoms with van der Waals surface area (Å²) in [6, 6.07) is 1.37. The van der Waals surface area contributed by atoms with Gasteiger partial charge in [0.25, 0.3) is 10.2 Å². The summed E-state index contributed by atoms with van der Waals surface area (Å²) in [5, 5.41) is 11.6. The summed E-state index contributed by atoms with van der Waals surface area (Å²) in [4.78, 5) is 35.0. The van der Waals surface area contributed by atoms with Crippen molar-refractivity contribution < 1.29 is 26.8 Å². The highest BCUT2D eigenvalue weighted by Crippen LogP contribution is 2.29. The van der Waals surface area contributed by atoms with Gasteiger partial charge in [0.05, 0.1) is 17.9 Å². The van der Waals surface area contributed by atoms with Crippen molar-refractivity contribution in [2.24, 2.45) is 11.8 Å². The summed E-state index contributed by atoms with van der Waals surface area (Å²) in [7, 11) is -3.73. The van der Waals surface area contributed by atoms with E-state index in [1.54, 1.807) is 0 Å². The van der Waals surface area contributed by atoms with E-state index in [1.807, 2.05) is 0 Å². The lowest BCUT2D eigenvalue weighted by molar-refractivity contribution is -0.142. The predicted octanol–water partition coefficient (Wildman–Crippen LogP) is 0.608. The average Bonchev–Trinajstić information content (AvgIpc) is 3.31. The van der Waals surface area contributed by atoms with Gasteiger partial charge in [-0.15, -0.1) is 0 Å². The SMILES string of the molecule is CC(F)(F)c1ncc(CNC(=O)[C@H]2CCCN2C(=O)[C@H]2CCCN(S(=O)(=O)N3CC(C#N)C3)C2)cn1. The number of hydrogen-bond acceptors (Lipinski definition) is 7. The minimum absolute atomic E-state index is 0.0297. The lowest BCUT2D eigenvalue weighted by Crippen LogP contribution is -2.57. The van der Waals surface area contributed by atoms with Crippen LogP contribution in [0.3, 0.4) is 0 Å². The Kier molecular flexibility index (Phi) is 7.53. The van der Waals surface area contributed by atoms with Crippen molar-refractivity contribution in [1.82, 2.24) is 28.8 Å². The molecule has 0 aliphatic carbocycles. The van der Waals surface area contributed by atoms with Gasteiger partial charge in [-0.3, -0.25) is 9.59 Å². The minimum Gasteiger partial charge on any atom is -0.350 e. The van der Waals surface area contributed by atoms with Crippen molar-refractivity contribution in [2.75, 3.05) is 32.7 Å². The van der Waals surface area contributed by atoms with Gasteiger partial charge in [0.2, 0.25) is 11.8 Å². The molecular formula is C22H29F2N7O4S. The predicted molar refractivity (Wildman–Crippen MR) is 122 cm³/mol. The van der Waals surface area contributed by atoms with Gasteiger partial charge >= 0.3 is 5.92 Å². The molecule has 0 saturated carbocycles. The quantitative estimate of drug-likeness (QED) is 0.550. The Hall–Kier alpha value is -2.76. The molecule has 0 unspecified atom stereocenters. The number of carbonyl (C=O) groups is 2. The number of nitriles is 1. The lowest BCUT2D eigenvalue weighted by Gasteiger charge is -2.41. The highest BCUT2D eigenvalue weighted by Gasteiger charge is 2.44. The van der Waals surface area contributed by atoms with Crippen molar-refractivity contribution in [1.29, 1.82) is 5.26 Å². The van der Waals surface area contributed by atoms with E-state index in [2.05, 4.69) is 21.4 Å². The molecule has 0 spiro atoms. The van der Waals surface area contributed by atoms with E-state index in [9.17, 15) is 26.8 Å². The molecule has 4 rings (SSSR count). The first-order valence-electron chi connectivity index (χ1n) is 11.9. The Balaban J connectivity index is 1.34. The minimum atomic E-state index is -3.73. The van der Waals surface area contributed by atoms with Gasteiger partial charge < -0.3 is 10.2 Å². The molecule has 3 saturated heterocycles. The zero-order chi connectivity index (χ0) is 26.1. The number of carbonyl (C=O) groups excluding carboxylic acids is 2. The van der Waals surface area contributed by atoms with Crippen LogP contribution in [0.2, 0.25) is 0 Å². The number of amides is 2. The zero-order valence-corrected chi connectivity index (χ0v) is 20.8. The van der Waals surface area contributed by atoms with Crippen molar-refractivity contribution in [2.45, 2.75) is 51.1 Å². The average molecular weight is 526 g/mol. The zero-order valence-electron chi connectivity index (χ0n) is 19.9. The number of piperidine rings is 1. The molecule has 3 fully saturated rings. The Morgan fingerprint density at radius 1 is 1.14 bits per heavy atom. The first-order chi connectivity index (χ1) is 17.0. The number of halogens is 2. The van der Waals surface area contributed by atoms with Crippen LogP contribution in [0.4, 0.5) is 8.78 Å². The summed E-state index contributed by atoms with van der Waals surface area (Å²) in [5.74, 6) is -5.23. The van der Waals surface area contributed by atoms with Gasteiger partial charge in [-0.05, 0) is 25.7 Å². The third-order valence-corrected chi connectivity index (χ3v) is 8.75. The molecule has 0 aromatic carbocycles. The van der Waals surface area contributed by atoms with Crippen LogP contribution in [0.1, 0.15) is 44.0 Å². The largest absolute Gasteiger partial charge is 0.350 e. The van der Waals surface area contributed by atoms with E-state index in [-0.39, 0.29) is 43.9 Å². The smallest absolute Gasteiger partial charge is 0.303 e. The van der Waals surface area contributed by atoms with Crippen molar-refractivity contribution in [3.63, 3.8) is 0 Å². The first kappa shape index (κ1) is 26.3. The topological polar surface area (TPSA) is 140 Å². The fraction of sp³-hybridized carbons (Fsp3) is 0.682. The second kappa shape index (κ2) is 10.3. The maximum Gasteiger partial charge on any atom is 0.303 e. The fourth-order valence-corrected chi connectivity index (χ4v) is 6.53. The standard InChI is InChI=1S/C22H29F2N7O4S/c1-22(23,24)21-27-10-16(11-28-21)9-26-19(32)18-5-3-7-31(18)20(33)17-4-2-6-29(14-17)36(34,35)30-12-15(8-25)13-30/h10-11,15,17-18H,2-7,9,12-14H2,1H3,(H,26,32)/t17-,18+/m0/s1. The Morgan fingerprint density at radius 3 is 2.44 bits per heavy atom. The second-order valence-electron chi connectivity index (χ2n) is 9.56. The molecule has 11 nitrogen and oxygen atoms in total. The van der Waals surface area contributed by atoms with Gasteiger partial charge in [0.1, 0.15) is 6.04 Å². The molecular weight excluding hydrogens is 496 g/mol. The van der Waals surface area contributed by atoms with E-state index in [0.29, 0.717) is 51.3 Å². The Bertz CT molecular complexity index is 1130. The van der Waals surface area contributed by atoms with Crippen LogP contribution in [0.15, 0.2) is 12.4 Å².